The fourth-order valence-electron chi connectivity index (χ4n) is 4.81. The smallest absolute Gasteiger partial charge is 0.295 e. The van der Waals surface area contributed by atoms with Crippen molar-refractivity contribution < 1.29 is 24.2 Å². The maximum Gasteiger partial charge on any atom is 0.295 e. The van der Waals surface area contributed by atoms with Gasteiger partial charge < -0.3 is 24.4 Å². The predicted molar refractivity (Wildman–Crippen MR) is 151 cm³/mol. The number of Topliss-reactive ketones (excluding diaryl/α,β-unsaturated/α-hetero) is 1. The van der Waals surface area contributed by atoms with Crippen LogP contribution in [-0.4, -0.2) is 67.0 Å². The molecule has 1 heterocycles. The molecule has 0 radical (unpaired) electrons. The van der Waals surface area contributed by atoms with Gasteiger partial charge in [-0.2, -0.15) is 0 Å². The van der Waals surface area contributed by atoms with E-state index >= 15 is 0 Å². The molecule has 2 aromatic rings. The Morgan fingerprint density at radius 2 is 1.53 bits per heavy atom. The Balaban J connectivity index is 1.98. The van der Waals surface area contributed by atoms with Crippen molar-refractivity contribution >= 4 is 29.1 Å². The van der Waals surface area contributed by atoms with Crippen LogP contribution in [0, 0.1) is 0 Å². The molecule has 1 atom stereocenters. The lowest BCUT2D eigenvalue weighted by molar-refractivity contribution is -0.140. The van der Waals surface area contributed by atoms with Crippen LogP contribution in [-0.2, 0) is 9.59 Å². The van der Waals surface area contributed by atoms with Crippen molar-refractivity contribution in [2.45, 2.75) is 52.0 Å². The Bertz CT molecular complexity index is 1120. The number of carbonyl (C=O) groups is 2. The molecule has 8 heteroatoms. The minimum atomic E-state index is -0.759. The van der Waals surface area contributed by atoms with E-state index < -0.39 is 17.7 Å². The van der Waals surface area contributed by atoms with Crippen molar-refractivity contribution in [2.24, 2.45) is 0 Å². The van der Waals surface area contributed by atoms with E-state index in [0.717, 1.165) is 45.3 Å². The van der Waals surface area contributed by atoms with E-state index in [2.05, 4.69) is 18.7 Å². The van der Waals surface area contributed by atoms with Gasteiger partial charge in [-0.3, -0.25) is 9.59 Å². The average Bonchev–Trinajstić information content (AvgIpc) is 3.18. The maximum atomic E-state index is 13.3. The summed E-state index contributed by atoms with van der Waals surface area (Å²) in [7, 11) is 3.08. The highest BCUT2D eigenvalue weighted by Crippen LogP contribution is 2.42. The summed E-state index contributed by atoms with van der Waals surface area (Å²) in [4.78, 5) is 30.7. The molecule has 1 amide bonds. The van der Waals surface area contributed by atoms with Crippen molar-refractivity contribution in [3.8, 4) is 11.5 Å². The SMILES string of the molecule is CCCCN(CCCC)CCCN1C(=O)C(=O)/C(=C(\O)c2ccc(Cl)cc2)C1c1ccc(OC)c(OC)c1. The molecule has 7 nitrogen and oxygen atoms in total. The second kappa shape index (κ2) is 14.2. The van der Waals surface area contributed by atoms with Gasteiger partial charge in [-0.25, -0.2) is 0 Å². The van der Waals surface area contributed by atoms with E-state index in [0.29, 0.717) is 40.6 Å². The van der Waals surface area contributed by atoms with Gasteiger partial charge in [0, 0.05) is 17.1 Å². The Morgan fingerprint density at radius 3 is 2.11 bits per heavy atom. The first-order chi connectivity index (χ1) is 18.4. The number of ether oxygens (including phenoxy) is 2. The normalized spacial score (nSPS) is 16.9. The lowest BCUT2D eigenvalue weighted by Crippen LogP contribution is -2.34. The number of likely N-dealkylation sites (tertiary alicyclic amines) is 1. The number of rotatable bonds is 14. The van der Waals surface area contributed by atoms with E-state index in [9.17, 15) is 14.7 Å². The summed E-state index contributed by atoms with van der Waals surface area (Å²) >= 11 is 6.03. The molecular weight excluding hydrogens is 504 g/mol. The largest absolute Gasteiger partial charge is 0.507 e. The molecular formula is C30H39ClN2O5. The molecule has 2 aromatic carbocycles. The maximum absolute atomic E-state index is 13.3. The fourth-order valence-corrected chi connectivity index (χ4v) is 4.93. The molecule has 1 aliphatic rings. The minimum absolute atomic E-state index is 0.0540. The lowest BCUT2D eigenvalue weighted by atomic mass is 9.95. The van der Waals surface area contributed by atoms with Gasteiger partial charge in [-0.15, -0.1) is 0 Å². The van der Waals surface area contributed by atoms with E-state index in [1.54, 1.807) is 54.5 Å². The number of methoxy groups -OCH3 is 2. The summed E-state index contributed by atoms with van der Waals surface area (Å²) in [6.07, 6.45) is 5.22. The number of hydrogen-bond donors (Lipinski definition) is 1. The van der Waals surface area contributed by atoms with Crippen LogP contribution in [0.25, 0.3) is 5.76 Å². The quantitative estimate of drug-likeness (QED) is 0.177. The van der Waals surface area contributed by atoms with Crippen LogP contribution < -0.4 is 9.47 Å². The number of aliphatic hydroxyl groups excluding tert-OH is 1. The Labute approximate surface area is 231 Å². The zero-order valence-corrected chi connectivity index (χ0v) is 23.6. The summed E-state index contributed by atoms with van der Waals surface area (Å²) in [6.45, 7) is 7.62. The number of amides is 1. The average molecular weight is 543 g/mol. The molecule has 0 spiro atoms. The first-order valence-corrected chi connectivity index (χ1v) is 13.7. The molecule has 1 unspecified atom stereocenters. The highest BCUT2D eigenvalue weighted by atomic mass is 35.5. The van der Waals surface area contributed by atoms with Gasteiger partial charge in [-0.1, -0.05) is 44.4 Å². The van der Waals surface area contributed by atoms with Crippen molar-refractivity contribution in [3.05, 3.63) is 64.2 Å². The van der Waals surface area contributed by atoms with Crippen LogP contribution in [0.2, 0.25) is 5.02 Å². The zero-order chi connectivity index (χ0) is 27.7. The van der Waals surface area contributed by atoms with Gasteiger partial charge in [0.15, 0.2) is 11.5 Å². The number of ketones is 1. The molecule has 0 bridgehead atoms. The van der Waals surface area contributed by atoms with E-state index in [1.165, 1.54) is 7.11 Å². The van der Waals surface area contributed by atoms with Gasteiger partial charge in [-0.05, 0) is 80.9 Å². The van der Waals surface area contributed by atoms with Crippen LogP contribution >= 0.6 is 11.6 Å². The third kappa shape index (κ3) is 6.88. The molecule has 0 aliphatic carbocycles. The second-order valence-electron chi connectivity index (χ2n) is 9.52. The van der Waals surface area contributed by atoms with Crippen LogP contribution in [0.4, 0.5) is 0 Å². The van der Waals surface area contributed by atoms with Crippen LogP contribution in [0.5, 0.6) is 11.5 Å². The van der Waals surface area contributed by atoms with Crippen molar-refractivity contribution in [3.63, 3.8) is 0 Å². The first kappa shape index (κ1) is 29.5. The number of halogens is 1. The highest BCUT2D eigenvalue weighted by molar-refractivity contribution is 6.46. The molecule has 38 heavy (non-hydrogen) atoms. The lowest BCUT2D eigenvalue weighted by Gasteiger charge is -2.28. The van der Waals surface area contributed by atoms with Crippen LogP contribution in [0.1, 0.15) is 63.1 Å². The van der Waals surface area contributed by atoms with Gasteiger partial charge >= 0.3 is 0 Å². The molecule has 206 valence electrons. The summed E-state index contributed by atoms with van der Waals surface area (Å²) in [6, 6.07) is 11.1. The van der Waals surface area contributed by atoms with Gasteiger partial charge in [0.05, 0.1) is 25.8 Å². The third-order valence-electron chi connectivity index (χ3n) is 6.91. The number of carbonyl (C=O) groups excluding carboxylic acids is 2. The van der Waals surface area contributed by atoms with Gasteiger partial charge in [0.25, 0.3) is 11.7 Å². The monoisotopic (exact) mass is 542 g/mol. The Morgan fingerprint density at radius 1 is 0.921 bits per heavy atom. The van der Waals surface area contributed by atoms with Gasteiger partial charge in [0.1, 0.15) is 5.76 Å². The molecule has 3 rings (SSSR count). The topological polar surface area (TPSA) is 79.3 Å². The highest BCUT2D eigenvalue weighted by Gasteiger charge is 2.46. The zero-order valence-electron chi connectivity index (χ0n) is 22.8. The Kier molecular flexibility index (Phi) is 11.0. The molecule has 1 fully saturated rings. The number of benzene rings is 2. The number of hydrogen-bond acceptors (Lipinski definition) is 6. The van der Waals surface area contributed by atoms with Crippen LogP contribution in [0.3, 0.4) is 0 Å². The van der Waals surface area contributed by atoms with Crippen LogP contribution in [0.15, 0.2) is 48.0 Å². The third-order valence-corrected chi connectivity index (χ3v) is 7.16. The van der Waals surface area contributed by atoms with Crippen molar-refractivity contribution in [1.82, 2.24) is 9.80 Å². The van der Waals surface area contributed by atoms with E-state index in [4.69, 9.17) is 21.1 Å². The number of unbranched alkanes of at least 4 members (excludes halogenated alkanes) is 2. The second-order valence-corrected chi connectivity index (χ2v) is 9.95. The molecule has 0 aromatic heterocycles. The molecule has 1 N–H and O–H groups in total. The fraction of sp³-hybridized carbons (Fsp3) is 0.467. The molecule has 1 aliphatic heterocycles. The molecule has 0 saturated carbocycles. The summed E-state index contributed by atoms with van der Waals surface area (Å²) in [5.74, 6) is -0.532. The summed E-state index contributed by atoms with van der Waals surface area (Å²) in [5, 5.41) is 11.8. The predicted octanol–water partition coefficient (Wildman–Crippen LogP) is 6.07. The number of aliphatic hydroxyl groups is 1. The Hall–Kier alpha value is -3.03. The summed E-state index contributed by atoms with van der Waals surface area (Å²) < 4.78 is 10.9. The van der Waals surface area contributed by atoms with Gasteiger partial charge in [0.2, 0.25) is 0 Å². The standard InChI is InChI=1S/C30H39ClN2O5/c1-5-7-16-32(17-8-6-2)18-9-19-33-27(22-12-15-24(37-3)25(20-22)38-4)26(29(35)30(33)36)28(34)21-10-13-23(31)14-11-21/h10-15,20,27,34H,5-9,16-19H2,1-4H3/b28-26-. The van der Waals surface area contributed by atoms with Crippen molar-refractivity contribution in [1.29, 1.82) is 0 Å². The van der Waals surface area contributed by atoms with Crippen molar-refractivity contribution in [2.75, 3.05) is 40.4 Å². The summed E-state index contributed by atoms with van der Waals surface area (Å²) in [5.41, 5.74) is 1.13. The number of nitrogens with zero attached hydrogens (tertiary/aromatic N) is 2. The first-order valence-electron chi connectivity index (χ1n) is 13.3. The minimum Gasteiger partial charge on any atom is -0.507 e. The molecule has 1 saturated heterocycles. The van der Waals surface area contributed by atoms with E-state index in [1.807, 2.05) is 0 Å². The van der Waals surface area contributed by atoms with E-state index in [-0.39, 0.29) is 11.3 Å².